The highest BCUT2D eigenvalue weighted by Crippen LogP contribution is 2.32. The molecule has 112 valence electrons. The van der Waals surface area contributed by atoms with Crippen molar-refractivity contribution in [2.24, 2.45) is 0 Å². The number of hydrogen-bond donors (Lipinski definition) is 1. The number of carbonyl (C=O) groups is 1. The van der Waals surface area contributed by atoms with Gasteiger partial charge >= 0.3 is 5.97 Å². The second-order valence-corrected chi connectivity index (χ2v) is 5.46. The number of carboxylic acid groups (broad SMARTS) is 1. The Balaban J connectivity index is 3.19. The summed E-state index contributed by atoms with van der Waals surface area (Å²) in [7, 11) is 3.99. The van der Waals surface area contributed by atoms with Gasteiger partial charge in [-0.15, -0.1) is 0 Å². The van der Waals surface area contributed by atoms with E-state index in [1.165, 1.54) is 0 Å². The predicted octanol–water partition coefficient (Wildman–Crippen LogP) is 2.78. The molecule has 1 rings (SSSR count). The molecule has 4 heteroatoms. The van der Waals surface area contributed by atoms with Gasteiger partial charge in [-0.3, -0.25) is 9.69 Å². The Morgan fingerprint density at radius 3 is 2.00 bits per heavy atom. The Kier molecular flexibility index (Phi) is 5.57. The van der Waals surface area contributed by atoms with Gasteiger partial charge in [-0.05, 0) is 37.7 Å². The summed E-state index contributed by atoms with van der Waals surface area (Å²) in [4.78, 5) is 15.5. The smallest absolute Gasteiger partial charge is 0.305 e. The van der Waals surface area contributed by atoms with Crippen LogP contribution in [0.5, 0.6) is 0 Å². The largest absolute Gasteiger partial charge is 0.481 e. The lowest BCUT2D eigenvalue weighted by Crippen LogP contribution is -2.45. The van der Waals surface area contributed by atoms with Gasteiger partial charge in [0.15, 0.2) is 0 Å². The maximum Gasteiger partial charge on any atom is 0.305 e. The number of hydrogen-bond acceptors (Lipinski definition) is 3. The fourth-order valence-electron chi connectivity index (χ4n) is 2.73. The van der Waals surface area contributed by atoms with Crippen LogP contribution in [-0.4, -0.2) is 43.2 Å². The molecule has 0 saturated carbocycles. The van der Waals surface area contributed by atoms with E-state index in [0.29, 0.717) is 0 Å². The first-order valence-electron chi connectivity index (χ1n) is 7.09. The van der Waals surface area contributed by atoms with Crippen LogP contribution in [0.15, 0.2) is 24.3 Å². The molecule has 0 saturated heterocycles. The van der Waals surface area contributed by atoms with Crippen LogP contribution in [0.2, 0.25) is 0 Å². The van der Waals surface area contributed by atoms with Crippen molar-refractivity contribution in [3.63, 3.8) is 0 Å². The molecule has 0 bridgehead atoms. The Morgan fingerprint density at radius 1 is 1.15 bits per heavy atom. The van der Waals surface area contributed by atoms with Crippen LogP contribution in [0.3, 0.4) is 0 Å². The zero-order valence-electron chi connectivity index (χ0n) is 13.2. The van der Waals surface area contributed by atoms with Gasteiger partial charge in [0.1, 0.15) is 0 Å². The summed E-state index contributed by atoms with van der Waals surface area (Å²) < 4.78 is 0. The van der Waals surface area contributed by atoms with Crippen LogP contribution in [0.25, 0.3) is 0 Å². The van der Waals surface area contributed by atoms with E-state index >= 15 is 0 Å². The Bertz CT molecular complexity index is 438. The summed E-state index contributed by atoms with van der Waals surface area (Å²) in [6, 6.07) is 8.16. The monoisotopic (exact) mass is 278 g/mol. The summed E-state index contributed by atoms with van der Waals surface area (Å²) in [6.07, 6.45) is 0.107. The highest BCUT2D eigenvalue weighted by atomic mass is 16.4. The molecule has 1 aromatic rings. The van der Waals surface area contributed by atoms with E-state index in [2.05, 4.69) is 18.7 Å². The van der Waals surface area contributed by atoms with Crippen molar-refractivity contribution in [2.45, 2.75) is 32.7 Å². The van der Waals surface area contributed by atoms with Crippen LogP contribution in [0, 0.1) is 0 Å². The maximum absolute atomic E-state index is 11.3. The van der Waals surface area contributed by atoms with Crippen molar-refractivity contribution in [3.05, 3.63) is 29.8 Å². The van der Waals surface area contributed by atoms with Crippen molar-refractivity contribution in [3.8, 4) is 0 Å². The molecule has 0 spiro atoms. The minimum atomic E-state index is -0.768. The lowest BCUT2D eigenvalue weighted by Gasteiger charge is -2.40. The minimum Gasteiger partial charge on any atom is -0.481 e. The van der Waals surface area contributed by atoms with E-state index in [9.17, 15) is 9.90 Å². The van der Waals surface area contributed by atoms with Gasteiger partial charge < -0.3 is 10.0 Å². The highest BCUT2D eigenvalue weighted by molar-refractivity contribution is 5.69. The predicted molar refractivity (Wildman–Crippen MR) is 83.3 cm³/mol. The molecule has 0 aliphatic carbocycles. The molecule has 1 atom stereocenters. The first kappa shape index (κ1) is 16.5. The van der Waals surface area contributed by atoms with Crippen LogP contribution in [-0.2, 0) is 10.3 Å². The van der Waals surface area contributed by atoms with E-state index in [-0.39, 0.29) is 6.42 Å². The molecule has 0 aromatic heterocycles. The van der Waals surface area contributed by atoms with E-state index in [4.69, 9.17) is 0 Å². The Hall–Kier alpha value is -1.55. The van der Waals surface area contributed by atoms with Gasteiger partial charge in [0, 0.05) is 19.8 Å². The van der Waals surface area contributed by atoms with Crippen molar-refractivity contribution < 1.29 is 9.90 Å². The van der Waals surface area contributed by atoms with E-state index < -0.39 is 11.5 Å². The molecular formula is C16H26N2O2. The van der Waals surface area contributed by atoms with Crippen LogP contribution >= 0.6 is 0 Å². The topological polar surface area (TPSA) is 43.8 Å². The molecular weight excluding hydrogens is 252 g/mol. The first-order chi connectivity index (χ1) is 9.35. The van der Waals surface area contributed by atoms with Gasteiger partial charge in [0.25, 0.3) is 0 Å². The SMILES string of the molecule is CCN(CC)C(C)(CC(=O)O)c1ccc(N(C)C)cc1. The molecule has 20 heavy (non-hydrogen) atoms. The molecule has 1 unspecified atom stereocenters. The number of rotatable bonds is 7. The second-order valence-electron chi connectivity index (χ2n) is 5.46. The molecule has 0 fully saturated rings. The second kappa shape index (κ2) is 6.75. The Morgan fingerprint density at radius 2 is 1.65 bits per heavy atom. The molecule has 1 N–H and O–H groups in total. The van der Waals surface area contributed by atoms with Gasteiger partial charge in [-0.1, -0.05) is 26.0 Å². The van der Waals surface area contributed by atoms with Crippen LogP contribution < -0.4 is 4.90 Å². The van der Waals surface area contributed by atoms with E-state index in [0.717, 1.165) is 24.3 Å². The molecule has 4 nitrogen and oxygen atoms in total. The molecule has 0 aliphatic rings. The number of benzene rings is 1. The number of aliphatic carboxylic acids is 1. The van der Waals surface area contributed by atoms with Gasteiger partial charge in [-0.25, -0.2) is 0 Å². The molecule has 0 heterocycles. The zero-order valence-corrected chi connectivity index (χ0v) is 13.2. The van der Waals surface area contributed by atoms with Crippen molar-refractivity contribution in [1.82, 2.24) is 4.90 Å². The van der Waals surface area contributed by atoms with Crippen LogP contribution in [0.4, 0.5) is 5.69 Å². The van der Waals surface area contributed by atoms with Gasteiger partial charge in [0.05, 0.1) is 12.0 Å². The average Bonchev–Trinajstić information content (AvgIpc) is 2.39. The summed E-state index contributed by atoms with van der Waals surface area (Å²) in [6.45, 7) is 7.81. The molecule has 0 radical (unpaired) electrons. The third-order valence-corrected chi connectivity index (χ3v) is 3.96. The van der Waals surface area contributed by atoms with Crippen molar-refractivity contribution >= 4 is 11.7 Å². The fourth-order valence-corrected chi connectivity index (χ4v) is 2.73. The lowest BCUT2D eigenvalue weighted by atomic mass is 9.86. The summed E-state index contributed by atoms with van der Waals surface area (Å²) in [5, 5.41) is 9.26. The number of anilines is 1. The summed E-state index contributed by atoms with van der Waals surface area (Å²) in [5.41, 5.74) is 1.69. The fraction of sp³-hybridized carbons (Fsp3) is 0.562. The minimum absolute atomic E-state index is 0.107. The van der Waals surface area contributed by atoms with Crippen molar-refractivity contribution in [1.29, 1.82) is 0 Å². The maximum atomic E-state index is 11.3. The van der Waals surface area contributed by atoms with Gasteiger partial charge in [0.2, 0.25) is 0 Å². The third kappa shape index (κ3) is 3.51. The standard InChI is InChI=1S/C16H26N2O2/c1-6-18(7-2)16(3,12-15(19)20)13-8-10-14(11-9-13)17(4)5/h8-11H,6-7,12H2,1-5H3,(H,19,20). The summed E-state index contributed by atoms with van der Waals surface area (Å²) >= 11 is 0. The lowest BCUT2D eigenvalue weighted by molar-refractivity contribution is -0.140. The van der Waals surface area contributed by atoms with Gasteiger partial charge in [-0.2, -0.15) is 0 Å². The molecule has 1 aromatic carbocycles. The van der Waals surface area contributed by atoms with Crippen LogP contribution in [0.1, 0.15) is 32.8 Å². The highest BCUT2D eigenvalue weighted by Gasteiger charge is 2.34. The molecule has 0 amide bonds. The quantitative estimate of drug-likeness (QED) is 0.833. The van der Waals surface area contributed by atoms with Crippen molar-refractivity contribution in [2.75, 3.05) is 32.1 Å². The average molecular weight is 278 g/mol. The van der Waals surface area contributed by atoms with E-state index in [1.807, 2.05) is 50.2 Å². The normalized spacial score (nSPS) is 14.1. The summed E-state index contributed by atoms with van der Waals surface area (Å²) in [5.74, 6) is -0.768. The zero-order chi connectivity index (χ0) is 15.3. The third-order valence-electron chi connectivity index (χ3n) is 3.96. The number of nitrogens with zero attached hydrogens (tertiary/aromatic N) is 2. The first-order valence-corrected chi connectivity index (χ1v) is 7.09. The van der Waals surface area contributed by atoms with E-state index in [1.54, 1.807) is 0 Å². The number of carboxylic acids is 1. The molecule has 0 aliphatic heterocycles. The Labute approximate surface area is 122 Å².